The van der Waals surface area contributed by atoms with Gasteiger partial charge in [0.25, 0.3) is 0 Å². The molecular weight excluding hydrogens is 375 g/mol. The molecule has 146 valence electrons. The Balaban J connectivity index is 1.68. The third-order valence-corrected chi connectivity index (χ3v) is 5.53. The van der Waals surface area contributed by atoms with Gasteiger partial charge in [-0.15, -0.1) is 10.2 Å². The topological polar surface area (TPSA) is 59.8 Å². The molecular formula is C21H23FN4OS. The molecule has 28 heavy (non-hydrogen) atoms. The highest BCUT2D eigenvalue weighted by atomic mass is 32.2. The van der Waals surface area contributed by atoms with Crippen LogP contribution in [-0.2, 0) is 11.3 Å². The van der Waals surface area contributed by atoms with Crippen LogP contribution in [-0.4, -0.2) is 25.9 Å². The quantitative estimate of drug-likeness (QED) is 0.597. The second-order valence-corrected chi connectivity index (χ2v) is 7.77. The SMILES string of the molecule is CCn1c(SC(C)C(=O)NC(C)c2ccc(F)cc2)nnc1-c1ccccc1. The number of aromatic nitrogens is 3. The number of hydrogen-bond donors (Lipinski definition) is 1. The van der Waals surface area contributed by atoms with Gasteiger partial charge in [0.2, 0.25) is 5.91 Å². The zero-order valence-electron chi connectivity index (χ0n) is 16.1. The smallest absolute Gasteiger partial charge is 0.233 e. The highest BCUT2D eigenvalue weighted by Crippen LogP contribution is 2.27. The molecule has 1 heterocycles. The maximum absolute atomic E-state index is 13.1. The van der Waals surface area contributed by atoms with Gasteiger partial charge in [0.15, 0.2) is 11.0 Å². The number of benzene rings is 2. The molecule has 0 aliphatic heterocycles. The van der Waals surface area contributed by atoms with E-state index in [4.69, 9.17) is 0 Å². The molecule has 0 aliphatic carbocycles. The van der Waals surface area contributed by atoms with Crippen molar-refractivity contribution in [2.24, 2.45) is 0 Å². The van der Waals surface area contributed by atoms with Crippen LogP contribution in [0.2, 0.25) is 0 Å². The van der Waals surface area contributed by atoms with Crippen molar-refractivity contribution in [3.05, 3.63) is 66.0 Å². The summed E-state index contributed by atoms with van der Waals surface area (Å²) in [5.74, 6) is 0.394. The summed E-state index contributed by atoms with van der Waals surface area (Å²) in [7, 11) is 0. The largest absolute Gasteiger partial charge is 0.349 e. The molecule has 0 radical (unpaired) electrons. The Morgan fingerprint density at radius 2 is 1.79 bits per heavy atom. The minimum Gasteiger partial charge on any atom is -0.349 e. The summed E-state index contributed by atoms with van der Waals surface area (Å²) in [6.07, 6.45) is 0. The molecule has 0 saturated carbocycles. The van der Waals surface area contributed by atoms with Crippen LogP contribution >= 0.6 is 11.8 Å². The first-order valence-electron chi connectivity index (χ1n) is 9.20. The van der Waals surface area contributed by atoms with E-state index in [2.05, 4.69) is 15.5 Å². The molecule has 2 atom stereocenters. The van der Waals surface area contributed by atoms with E-state index < -0.39 is 0 Å². The Hall–Kier alpha value is -2.67. The van der Waals surface area contributed by atoms with Crippen LogP contribution in [0.4, 0.5) is 4.39 Å². The second kappa shape index (κ2) is 9.01. The van der Waals surface area contributed by atoms with Crippen LogP contribution in [0.5, 0.6) is 0 Å². The minimum absolute atomic E-state index is 0.103. The fourth-order valence-electron chi connectivity index (χ4n) is 2.84. The Kier molecular flexibility index (Phi) is 6.46. The normalized spacial score (nSPS) is 13.1. The monoisotopic (exact) mass is 398 g/mol. The number of amides is 1. The number of hydrogen-bond acceptors (Lipinski definition) is 4. The molecule has 0 aliphatic rings. The van der Waals surface area contributed by atoms with Crippen LogP contribution in [0.15, 0.2) is 59.8 Å². The standard InChI is InChI=1S/C21H23FN4OS/c1-4-26-19(17-8-6-5-7-9-17)24-25-21(26)28-15(3)20(27)23-14(2)16-10-12-18(22)13-11-16/h5-15H,4H2,1-3H3,(H,23,27). The first kappa shape index (κ1) is 20.1. The maximum atomic E-state index is 13.1. The van der Waals surface area contributed by atoms with Crippen molar-refractivity contribution in [1.82, 2.24) is 20.1 Å². The van der Waals surface area contributed by atoms with Gasteiger partial charge in [-0.25, -0.2) is 4.39 Å². The Morgan fingerprint density at radius 1 is 1.11 bits per heavy atom. The van der Waals surface area contributed by atoms with E-state index in [1.807, 2.05) is 55.7 Å². The number of halogens is 1. The van der Waals surface area contributed by atoms with Crippen molar-refractivity contribution in [3.8, 4) is 11.4 Å². The highest BCUT2D eigenvalue weighted by Gasteiger charge is 2.21. The molecule has 2 unspecified atom stereocenters. The molecule has 0 fully saturated rings. The van der Waals surface area contributed by atoms with E-state index >= 15 is 0 Å². The zero-order chi connectivity index (χ0) is 20.1. The van der Waals surface area contributed by atoms with E-state index in [9.17, 15) is 9.18 Å². The van der Waals surface area contributed by atoms with E-state index in [-0.39, 0.29) is 23.0 Å². The number of nitrogens with one attached hydrogen (secondary N) is 1. The molecule has 1 amide bonds. The molecule has 5 nitrogen and oxygen atoms in total. The Labute approximate surface area is 168 Å². The van der Waals surface area contributed by atoms with Crippen molar-refractivity contribution in [1.29, 1.82) is 0 Å². The number of rotatable bonds is 7. The number of thioether (sulfide) groups is 1. The van der Waals surface area contributed by atoms with Gasteiger partial charge in [-0.3, -0.25) is 4.79 Å². The molecule has 1 N–H and O–H groups in total. The summed E-state index contributed by atoms with van der Waals surface area (Å²) in [6, 6.07) is 15.8. The zero-order valence-corrected chi connectivity index (χ0v) is 16.9. The van der Waals surface area contributed by atoms with E-state index in [1.165, 1.54) is 23.9 Å². The molecule has 3 aromatic rings. The van der Waals surface area contributed by atoms with Gasteiger partial charge in [-0.1, -0.05) is 54.2 Å². The molecule has 1 aromatic heterocycles. The van der Waals surface area contributed by atoms with Crippen LogP contribution in [0, 0.1) is 5.82 Å². The molecule has 0 spiro atoms. The fraction of sp³-hybridized carbons (Fsp3) is 0.286. The lowest BCUT2D eigenvalue weighted by Crippen LogP contribution is -2.33. The van der Waals surface area contributed by atoms with Crippen molar-refractivity contribution >= 4 is 17.7 Å². The lowest BCUT2D eigenvalue weighted by atomic mass is 10.1. The van der Waals surface area contributed by atoms with Crippen LogP contribution in [0.3, 0.4) is 0 Å². The Bertz CT molecular complexity index is 927. The van der Waals surface area contributed by atoms with Gasteiger partial charge in [-0.2, -0.15) is 0 Å². The molecule has 3 rings (SSSR count). The predicted molar refractivity (Wildman–Crippen MR) is 109 cm³/mol. The van der Waals surface area contributed by atoms with Gasteiger partial charge < -0.3 is 9.88 Å². The average molecular weight is 399 g/mol. The molecule has 0 saturated heterocycles. The summed E-state index contributed by atoms with van der Waals surface area (Å²) in [5, 5.41) is 11.9. The average Bonchev–Trinajstić information content (AvgIpc) is 3.11. The summed E-state index contributed by atoms with van der Waals surface area (Å²) < 4.78 is 15.1. The highest BCUT2D eigenvalue weighted by molar-refractivity contribution is 8.00. The first-order chi connectivity index (χ1) is 13.5. The van der Waals surface area contributed by atoms with Crippen LogP contribution in [0.25, 0.3) is 11.4 Å². The summed E-state index contributed by atoms with van der Waals surface area (Å²) in [5.41, 5.74) is 1.85. The van der Waals surface area contributed by atoms with Crippen LogP contribution in [0.1, 0.15) is 32.4 Å². The molecule has 2 aromatic carbocycles. The van der Waals surface area contributed by atoms with E-state index in [0.29, 0.717) is 11.7 Å². The van der Waals surface area contributed by atoms with Gasteiger partial charge in [0, 0.05) is 12.1 Å². The van der Waals surface area contributed by atoms with Gasteiger partial charge in [0.05, 0.1) is 11.3 Å². The first-order valence-corrected chi connectivity index (χ1v) is 10.1. The van der Waals surface area contributed by atoms with Crippen molar-refractivity contribution in [2.45, 2.75) is 43.8 Å². The maximum Gasteiger partial charge on any atom is 0.233 e. The lowest BCUT2D eigenvalue weighted by molar-refractivity contribution is -0.120. The summed E-state index contributed by atoms with van der Waals surface area (Å²) >= 11 is 1.38. The second-order valence-electron chi connectivity index (χ2n) is 6.46. The third kappa shape index (κ3) is 4.59. The summed E-state index contributed by atoms with van der Waals surface area (Å²) in [4.78, 5) is 12.6. The lowest BCUT2D eigenvalue weighted by Gasteiger charge is -2.18. The Morgan fingerprint density at radius 3 is 2.43 bits per heavy atom. The van der Waals surface area contributed by atoms with Gasteiger partial charge in [0.1, 0.15) is 5.82 Å². The van der Waals surface area contributed by atoms with Crippen LogP contribution < -0.4 is 5.32 Å². The predicted octanol–water partition coefficient (Wildman–Crippen LogP) is 4.46. The van der Waals surface area contributed by atoms with Crippen molar-refractivity contribution < 1.29 is 9.18 Å². The van der Waals surface area contributed by atoms with E-state index in [0.717, 1.165) is 17.0 Å². The fourth-order valence-corrected chi connectivity index (χ4v) is 3.76. The number of nitrogens with zero attached hydrogens (tertiary/aromatic N) is 3. The third-order valence-electron chi connectivity index (χ3n) is 4.45. The van der Waals surface area contributed by atoms with Crippen molar-refractivity contribution in [3.63, 3.8) is 0 Å². The van der Waals surface area contributed by atoms with Gasteiger partial charge in [-0.05, 0) is 38.5 Å². The van der Waals surface area contributed by atoms with Gasteiger partial charge >= 0.3 is 0 Å². The molecule has 0 bridgehead atoms. The molecule has 7 heteroatoms. The van der Waals surface area contributed by atoms with E-state index in [1.54, 1.807) is 12.1 Å². The summed E-state index contributed by atoms with van der Waals surface area (Å²) in [6.45, 7) is 6.46. The minimum atomic E-state index is -0.346. The number of carbonyl (C=O) groups excluding carboxylic acids is 1. The van der Waals surface area contributed by atoms with Crippen molar-refractivity contribution in [2.75, 3.05) is 0 Å². The number of carbonyl (C=O) groups is 1.